The van der Waals surface area contributed by atoms with E-state index in [4.69, 9.17) is 21.4 Å². The van der Waals surface area contributed by atoms with Crippen molar-refractivity contribution in [3.63, 3.8) is 0 Å². The molecule has 0 fully saturated rings. The molecule has 0 radical (unpaired) electrons. The zero-order valence-corrected chi connectivity index (χ0v) is 16.5. The number of benzene rings is 2. The predicted molar refractivity (Wildman–Crippen MR) is 113 cm³/mol. The van der Waals surface area contributed by atoms with Crippen molar-refractivity contribution < 1.29 is 9.15 Å². The SMILES string of the molecule is CCc1ccc(CN(Cc2ccco2)C(=S)Nc2ccc(OC)cc2)cc1. The Morgan fingerprint density at radius 2 is 1.70 bits per heavy atom. The average Bonchev–Trinajstić information content (AvgIpc) is 3.22. The van der Waals surface area contributed by atoms with Crippen LogP contribution in [-0.2, 0) is 19.5 Å². The first-order chi connectivity index (χ1) is 13.2. The lowest BCUT2D eigenvalue weighted by molar-refractivity contribution is 0.360. The monoisotopic (exact) mass is 380 g/mol. The van der Waals surface area contributed by atoms with E-state index in [0.29, 0.717) is 18.2 Å². The number of aryl methyl sites for hydroxylation is 1. The average molecular weight is 381 g/mol. The Balaban J connectivity index is 1.73. The van der Waals surface area contributed by atoms with Crippen LogP contribution in [-0.4, -0.2) is 17.1 Å². The van der Waals surface area contributed by atoms with Gasteiger partial charge in [0.2, 0.25) is 0 Å². The molecule has 3 aromatic rings. The molecule has 0 bridgehead atoms. The van der Waals surface area contributed by atoms with Gasteiger partial charge in [-0.3, -0.25) is 0 Å². The van der Waals surface area contributed by atoms with Crippen molar-refractivity contribution in [3.05, 3.63) is 83.8 Å². The maximum absolute atomic E-state index is 5.68. The molecule has 27 heavy (non-hydrogen) atoms. The van der Waals surface area contributed by atoms with Gasteiger partial charge in [-0.15, -0.1) is 0 Å². The quantitative estimate of drug-likeness (QED) is 0.567. The van der Waals surface area contributed by atoms with E-state index in [1.165, 1.54) is 11.1 Å². The topological polar surface area (TPSA) is 37.6 Å². The molecular weight excluding hydrogens is 356 g/mol. The molecule has 4 nitrogen and oxygen atoms in total. The van der Waals surface area contributed by atoms with Crippen molar-refractivity contribution in [2.24, 2.45) is 0 Å². The van der Waals surface area contributed by atoms with Crippen LogP contribution in [0.4, 0.5) is 5.69 Å². The molecule has 5 heteroatoms. The lowest BCUT2D eigenvalue weighted by Gasteiger charge is -2.25. The lowest BCUT2D eigenvalue weighted by atomic mass is 10.1. The summed E-state index contributed by atoms with van der Waals surface area (Å²) in [5.41, 5.74) is 3.46. The Bertz CT molecular complexity index is 843. The summed E-state index contributed by atoms with van der Waals surface area (Å²) in [6.45, 7) is 3.46. The Morgan fingerprint density at radius 3 is 2.30 bits per heavy atom. The number of anilines is 1. The summed E-state index contributed by atoms with van der Waals surface area (Å²) in [6, 6.07) is 20.2. The van der Waals surface area contributed by atoms with Crippen LogP contribution in [0.15, 0.2) is 71.3 Å². The molecule has 1 aromatic heterocycles. The highest BCUT2D eigenvalue weighted by molar-refractivity contribution is 7.80. The molecule has 0 saturated heterocycles. The molecule has 0 aliphatic heterocycles. The number of methoxy groups -OCH3 is 1. The third-order valence-electron chi connectivity index (χ3n) is 4.36. The van der Waals surface area contributed by atoms with E-state index < -0.39 is 0 Å². The van der Waals surface area contributed by atoms with Crippen molar-refractivity contribution in [1.29, 1.82) is 0 Å². The van der Waals surface area contributed by atoms with Crippen LogP contribution in [0, 0.1) is 0 Å². The van der Waals surface area contributed by atoms with Crippen molar-refractivity contribution in [1.82, 2.24) is 4.90 Å². The highest BCUT2D eigenvalue weighted by Crippen LogP contribution is 2.18. The Labute approximate surface area is 165 Å². The van der Waals surface area contributed by atoms with Gasteiger partial charge in [0.15, 0.2) is 5.11 Å². The van der Waals surface area contributed by atoms with Crippen LogP contribution in [0.3, 0.4) is 0 Å². The number of furan rings is 1. The fourth-order valence-corrected chi connectivity index (χ4v) is 3.01. The van der Waals surface area contributed by atoms with E-state index in [1.807, 2.05) is 36.4 Å². The third-order valence-corrected chi connectivity index (χ3v) is 4.72. The molecule has 1 heterocycles. The minimum absolute atomic E-state index is 0.602. The van der Waals surface area contributed by atoms with Crippen LogP contribution < -0.4 is 10.1 Å². The van der Waals surface area contributed by atoms with Gasteiger partial charge in [-0.25, -0.2) is 0 Å². The standard InChI is InChI=1S/C22H24N2O2S/c1-3-17-6-8-18(9-7-17)15-24(16-21-5-4-14-26-21)22(27)23-19-10-12-20(25-2)13-11-19/h4-14H,3,15-16H2,1-2H3,(H,23,27). The summed E-state index contributed by atoms with van der Waals surface area (Å²) < 4.78 is 10.7. The zero-order chi connectivity index (χ0) is 19.1. The van der Waals surface area contributed by atoms with E-state index >= 15 is 0 Å². The summed E-state index contributed by atoms with van der Waals surface area (Å²) in [6.07, 6.45) is 2.72. The lowest BCUT2D eigenvalue weighted by Crippen LogP contribution is -2.33. The second kappa shape index (κ2) is 9.24. The largest absolute Gasteiger partial charge is 0.497 e. The maximum atomic E-state index is 5.68. The second-order valence-electron chi connectivity index (χ2n) is 6.26. The van der Waals surface area contributed by atoms with Gasteiger partial charge in [0.1, 0.15) is 11.5 Å². The molecular formula is C22H24N2O2S. The van der Waals surface area contributed by atoms with Gasteiger partial charge in [0, 0.05) is 12.2 Å². The van der Waals surface area contributed by atoms with Gasteiger partial charge < -0.3 is 19.4 Å². The minimum Gasteiger partial charge on any atom is -0.497 e. The van der Waals surface area contributed by atoms with Crippen LogP contribution in [0.2, 0.25) is 0 Å². The zero-order valence-electron chi connectivity index (χ0n) is 15.6. The minimum atomic E-state index is 0.602. The van der Waals surface area contributed by atoms with Crippen LogP contribution >= 0.6 is 12.2 Å². The van der Waals surface area contributed by atoms with E-state index in [1.54, 1.807) is 13.4 Å². The van der Waals surface area contributed by atoms with Gasteiger partial charge in [-0.2, -0.15) is 0 Å². The van der Waals surface area contributed by atoms with Gasteiger partial charge in [-0.05, 0) is 66.2 Å². The number of hydrogen-bond acceptors (Lipinski definition) is 3. The summed E-state index contributed by atoms with van der Waals surface area (Å²) in [7, 11) is 1.65. The van der Waals surface area contributed by atoms with E-state index in [2.05, 4.69) is 41.4 Å². The van der Waals surface area contributed by atoms with Crippen LogP contribution in [0.5, 0.6) is 5.75 Å². The summed E-state index contributed by atoms with van der Waals surface area (Å²) in [5.74, 6) is 1.69. The second-order valence-corrected chi connectivity index (χ2v) is 6.65. The molecule has 1 N–H and O–H groups in total. The number of thiocarbonyl (C=S) groups is 1. The normalized spacial score (nSPS) is 10.4. The molecule has 0 unspecified atom stereocenters. The summed E-state index contributed by atoms with van der Waals surface area (Å²) in [5, 5.41) is 3.96. The highest BCUT2D eigenvalue weighted by Gasteiger charge is 2.13. The Morgan fingerprint density at radius 1 is 1.00 bits per heavy atom. The molecule has 140 valence electrons. The molecule has 0 saturated carbocycles. The van der Waals surface area contributed by atoms with Crippen molar-refractivity contribution >= 4 is 23.0 Å². The molecule has 0 spiro atoms. The Hall–Kier alpha value is -2.79. The Kier molecular flexibility index (Phi) is 6.49. The molecule has 0 amide bonds. The summed E-state index contributed by atoms with van der Waals surface area (Å²) >= 11 is 5.68. The molecule has 0 aliphatic carbocycles. The molecule has 3 rings (SSSR count). The van der Waals surface area contributed by atoms with Gasteiger partial charge in [0.25, 0.3) is 0 Å². The van der Waals surface area contributed by atoms with Crippen LogP contribution in [0.25, 0.3) is 0 Å². The molecule has 0 atom stereocenters. The number of rotatable bonds is 7. The number of hydrogen-bond donors (Lipinski definition) is 1. The first-order valence-electron chi connectivity index (χ1n) is 8.98. The van der Waals surface area contributed by atoms with Crippen LogP contribution in [0.1, 0.15) is 23.8 Å². The maximum Gasteiger partial charge on any atom is 0.174 e. The van der Waals surface area contributed by atoms with Crippen molar-refractivity contribution in [2.75, 3.05) is 12.4 Å². The molecule has 2 aromatic carbocycles. The fourth-order valence-electron chi connectivity index (χ4n) is 2.77. The summed E-state index contributed by atoms with van der Waals surface area (Å²) in [4.78, 5) is 2.10. The van der Waals surface area contributed by atoms with Gasteiger partial charge in [-0.1, -0.05) is 31.2 Å². The number of ether oxygens (including phenoxy) is 1. The van der Waals surface area contributed by atoms with Crippen molar-refractivity contribution in [2.45, 2.75) is 26.4 Å². The van der Waals surface area contributed by atoms with Gasteiger partial charge in [0.05, 0.1) is 19.9 Å². The molecule has 0 aliphatic rings. The first-order valence-corrected chi connectivity index (χ1v) is 9.39. The number of nitrogens with zero attached hydrogens (tertiary/aromatic N) is 1. The van der Waals surface area contributed by atoms with Crippen molar-refractivity contribution in [3.8, 4) is 5.75 Å². The third kappa shape index (κ3) is 5.34. The highest BCUT2D eigenvalue weighted by atomic mass is 32.1. The first kappa shape index (κ1) is 19.0. The van der Waals surface area contributed by atoms with E-state index in [9.17, 15) is 0 Å². The van der Waals surface area contributed by atoms with Gasteiger partial charge >= 0.3 is 0 Å². The smallest absolute Gasteiger partial charge is 0.174 e. The van der Waals surface area contributed by atoms with E-state index in [0.717, 1.165) is 23.6 Å². The van der Waals surface area contributed by atoms with E-state index in [-0.39, 0.29) is 0 Å². The predicted octanol–water partition coefficient (Wildman–Crippen LogP) is 5.25. The number of nitrogens with one attached hydrogen (secondary N) is 1. The fraction of sp³-hybridized carbons (Fsp3) is 0.227.